The third-order valence-corrected chi connectivity index (χ3v) is 5.12. The molecule has 1 aromatic rings. The number of morpholine rings is 1. The third-order valence-electron chi connectivity index (χ3n) is 5.12. The molecule has 3 unspecified atom stereocenters. The van der Waals surface area contributed by atoms with E-state index in [9.17, 15) is 9.59 Å². The Morgan fingerprint density at radius 1 is 1.15 bits per heavy atom. The van der Waals surface area contributed by atoms with Crippen LogP contribution in [0.5, 0.6) is 0 Å². The van der Waals surface area contributed by atoms with Crippen molar-refractivity contribution in [1.82, 2.24) is 10.2 Å². The lowest BCUT2D eigenvalue weighted by molar-refractivity contribution is -0.146. The van der Waals surface area contributed by atoms with E-state index in [0.717, 1.165) is 0 Å². The van der Waals surface area contributed by atoms with Gasteiger partial charge in [-0.05, 0) is 42.9 Å². The second-order valence-electron chi connectivity index (χ2n) is 9.01. The number of nitrogens with one attached hydrogen (secondary N) is 1. The van der Waals surface area contributed by atoms with Crippen molar-refractivity contribution >= 4 is 11.8 Å². The largest absolute Gasteiger partial charge is 0.375 e. The first kappa shape index (κ1) is 21.4. The molecule has 1 heterocycles. The van der Waals surface area contributed by atoms with E-state index in [4.69, 9.17) is 4.74 Å². The Hall–Kier alpha value is -1.88. The molecule has 1 aliphatic heterocycles. The van der Waals surface area contributed by atoms with Gasteiger partial charge in [0.15, 0.2) is 0 Å². The number of benzene rings is 1. The zero-order chi connectivity index (χ0) is 20.4. The molecular weight excluding hydrogens is 340 g/mol. The summed E-state index contributed by atoms with van der Waals surface area (Å²) < 4.78 is 5.62. The van der Waals surface area contributed by atoms with Crippen molar-refractivity contribution in [2.75, 3.05) is 13.2 Å². The Kier molecular flexibility index (Phi) is 6.68. The summed E-state index contributed by atoms with van der Waals surface area (Å²) in [5.41, 5.74) is 1.78. The first-order valence-electron chi connectivity index (χ1n) is 9.84. The van der Waals surface area contributed by atoms with E-state index in [1.807, 2.05) is 56.9 Å². The number of amides is 2. The average molecular weight is 375 g/mol. The molecule has 1 fully saturated rings. The maximum Gasteiger partial charge on any atom is 0.251 e. The fraction of sp³-hybridized carbons (Fsp3) is 0.636. The summed E-state index contributed by atoms with van der Waals surface area (Å²) >= 11 is 0. The molecule has 0 radical (unpaired) electrons. The van der Waals surface area contributed by atoms with E-state index >= 15 is 0 Å². The minimum atomic E-state index is -0.549. The van der Waals surface area contributed by atoms with Gasteiger partial charge in [0.2, 0.25) is 5.91 Å². The van der Waals surface area contributed by atoms with E-state index in [1.165, 1.54) is 5.56 Å². The Bertz CT molecular complexity index is 661. The third kappa shape index (κ3) is 5.32. The summed E-state index contributed by atoms with van der Waals surface area (Å²) in [6.45, 7) is 15.4. The molecule has 0 aromatic heterocycles. The van der Waals surface area contributed by atoms with Crippen LogP contribution in [-0.4, -0.2) is 48.1 Å². The van der Waals surface area contributed by atoms with Crippen LogP contribution in [0.15, 0.2) is 24.3 Å². The van der Waals surface area contributed by atoms with Gasteiger partial charge in [0.25, 0.3) is 5.91 Å². The Morgan fingerprint density at radius 3 is 2.26 bits per heavy atom. The van der Waals surface area contributed by atoms with Gasteiger partial charge in [-0.25, -0.2) is 0 Å². The number of rotatable bonds is 4. The molecule has 5 heteroatoms. The van der Waals surface area contributed by atoms with Crippen LogP contribution in [-0.2, 0) is 14.9 Å². The fourth-order valence-electron chi connectivity index (χ4n) is 3.25. The SMILES string of the molecule is CC1CN(C(=O)C(NC(=O)c2ccc(C(C)(C)C)cc2)C(C)C)C(C)CO1. The van der Waals surface area contributed by atoms with Gasteiger partial charge in [-0.1, -0.05) is 46.8 Å². The predicted octanol–water partition coefficient (Wildman–Crippen LogP) is 3.37. The number of hydrogen-bond donors (Lipinski definition) is 1. The molecule has 0 saturated carbocycles. The van der Waals surface area contributed by atoms with Crippen molar-refractivity contribution in [3.63, 3.8) is 0 Å². The van der Waals surface area contributed by atoms with Gasteiger partial charge >= 0.3 is 0 Å². The topological polar surface area (TPSA) is 58.6 Å². The van der Waals surface area contributed by atoms with Crippen molar-refractivity contribution in [3.8, 4) is 0 Å². The molecule has 5 nitrogen and oxygen atoms in total. The van der Waals surface area contributed by atoms with Gasteiger partial charge in [-0.2, -0.15) is 0 Å². The van der Waals surface area contributed by atoms with Crippen LogP contribution >= 0.6 is 0 Å². The lowest BCUT2D eigenvalue weighted by Crippen LogP contribution is -2.58. The Labute approximate surface area is 163 Å². The lowest BCUT2D eigenvalue weighted by atomic mass is 9.86. The van der Waals surface area contributed by atoms with Gasteiger partial charge in [-0.15, -0.1) is 0 Å². The normalized spacial score (nSPS) is 21.9. The molecule has 2 rings (SSSR count). The van der Waals surface area contributed by atoms with Gasteiger partial charge in [0.1, 0.15) is 6.04 Å². The van der Waals surface area contributed by atoms with Gasteiger partial charge in [0.05, 0.1) is 18.8 Å². The highest BCUT2D eigenvalue weighted by Gasteiger charge is 2.34. The maximum absolute atomic E-state index is 13.1. The van der Waals surface area contributed by atoms with Crippen molar-refractivity contribution in [2.45, 2.75) is 72.1 Å². The molecule has 0 aliphatic carbocycles. The summed E-state index contributed by atoms with van der Waals surface area (Å²) in [7, 11) is 0. The van der Waals surface area contributed by atoms with Gasteiger partial charge in [0, 0.05) is 12.1 Å². The highest BCUT2D eigenvalue weighted by Crippen LogP contribution is 2.22. The Morgan fingerprint density at radius 2 is 1.74 bits per heavy atom. The summed E-state index contributed by atoms with van der Waals surface area (Å²) in [5.74, 6) is -0.246. The monoisotopic (exact) mass is 374 g/mol. The fourth-order valence-corrected chi connectivity index (χ4v) is 3.25. The van der Waals surface area contributed by atoms with Crippen LogP contribution in [0, 0.1) is 5.92 Å². The minimum absolute atomic E-state index is 0.000601. The molecule has 1 N–H and O–H groups in total. The number of hydrogen-bond acceptors (Lipinski definition) is 3. The predicted molar refractivity (Wildman–Crippen MR) is 108 cm³/mol. The maximum atomic E-state index is 13.1. The molecule has 0 bridgehead atoms. The van der Waals surface area contributed by atoms with Crippen molar-refractivity contribution < 1.29 is 14.3 Å². The molecule has 2 amide bonds. The molecule has 0 spiro atoms. The molecule has 1 aliphatic rings. The summed E-state index contributed by atoms with van der Waals surface area (Å²) in [5, 5.41) is 2.95. The van der Waals surface area contributed by atoms with Crippen LogP contribution in [0.1, 0.15) is 64.4 Å². The first-order valence-corrected chi connectivity index (χ1v) is 9.84. The van der Waals surface area contributed by atoms with Crippen LogP contribution in [0.4, 0.5) is 0 Å². The van der Waals surface area contributed by atoms with E-state index in [0.29, 0.717) is 18.7 Å². The number of carbonyl (C=O) groups is 2. The van der Waals surface area contributed by atoms with Crippen LogP contribution in [0.2, 0.25) is 0 Å². The average Bonchev–Trinajstić information content (AvgIpc) is 2.60. The summed E-state index contributed by atoms with van der Waals surface area (Å²) in [6, 6.07) is 7.08. The van der Waals surface area contributed by atoms with Gasteiger partial charge in [-0.3, -0.25) is 9.59 Å². The van der Waals surface area contributed by atoms with Crippen molar-refractivity contribution in [1.29, 1.82) is 0 Å². The van der Waals surface area contributed by atoms with Crippen molar-refractivity contribution in [2.24, 2.45) is 5.92 Å². The zero-order valence-electron chi connectivity index (χ0n) is 17.7. The van der Waals surface area contributed by atoms with Crippen LogP contribution in [0.3, 0.4) is 0 Å². The molecule has 1 saturated heterocycles. The lowest BCUT2D eigenvalue weighted by Gasteiger charge is -2.39. The summed E-state index contributed by atoms with van der Waals surface area (Å²) in [6.07, 6.45) is 0.0126. The number of ether oxygens (including phenoxy) is 1. The first-order chi connectivity index (χ1) is 12.5. The standard InChI is InChI=1S/C22H34N2O3/c1-14(2)19(21(26)24-12-16(4)27-13-15(24)3)23-20(25)17-8-10-18(11-9-17)22(5,6)7/h8-11,14-16,19H,12-13H2,1-7H3,(H,23,25). The second-order valence-corrected chi connectivity index (χ2v) is 9.01. The second kappa shape index (κ2) is 8.42. The van der Waals surface area contributed by atoms with Crippen molar-refractivity contribution in [3.05, 3.63) is 35.4 Å². The minimum Gasteiger partial charge on any atom is -0.375 e. The molecule has 1 aromatic carbocycles. The highest BCUT2D eigenvalue weighted by atomic mass is 16.5. The molecule has 3 atom stereocenters. The molecule has 27 heavy (non-hydrogen) atoms. The molecular formula is C22H34N2O3. The highest BCUT2D eigenvalue weighted by molar-refractivity contribution is 5.97. The van der Waals surface area contributed by atoms with Crippen LogP contribution in [0.25, 0.3) is 0 Å². The van der Waals surface area contributed by atoms with E-state index in [1.54, 1.807) is 0 Å². The zero-order valence-corrected chi connectivity index (χ0v) is 17.7. The van der Waals surface area contributed by atoms with E-state index in [2.05, 4.69) is 26.1 Å². The molecule has 150 valence electrons. The van der Waals surface area contributed by atoms with Crippen LogP contribution < -0.4 is 5.32 Å². The summed E-state index contributed by atoms with van der Waals surface area (Å²) in [4.78, 5) is 27.7. The van der Waals surface area contributed by atoms with Gasteiger partial charge < -0.3 is 15.0 Å². The number of carbonyl (C=O) groups excluding carboxylic acids is 2. The Balaban J connectivity index is 2.13. The smallest absolute Gasteiger partial charge is 0.251 e. The van der Waals surface area contributed by atoms with E-state index < -0.39 is 6.04 Å². The quantitative estimate of drug-likeness (QED) is 0.879. The van der Waals surface area contributed by atoms with E-state index in [-0.39, 0.29) is 35.3 Å². The number of nitrogens with zero attached hydrogens (tertiary/aromatic N) is 1.